The van der Waals surface area contributed by atoms with E-state index in [1.54, 1.807) is 0 Å². The third-order valence-electron chi connectivity index (χ3n) is 3.59. The molecule has 0 aliphatic carbocycles. The van der Waals surface area contributed by atoms with Crippen LogP contribution >= 0.6 is 0 Å². The summed E-state index contributed by atoms with van der Waals surface area (Å²) >= 11 is 0. The predicted molar refractivity (Wildman–Crippen MR) is 93.5 cm³/mol. The maximum atomic E-state index is 11.9. The molecule has 0 rings (SSSR count). The highest BCUT2D eigenvalue weighted by Crippen LogP contribution is 2.06. The molecule has 0 spiro atoms. The number of unbranched alkanes of at least 4 members (excludes halogenated alkanes) is 6. The van der Waals surface area contributed by atoms with Crippen molar-refractivity contribution in [3.8, 4) is 0 Å². The molecular formula is C17H36N3O3+. The molecule has 0 unspecified atom stereocenters. The van der Waals surface area contributed by atoms with E-state index >= 15 is 0 Å². The molecule has 0 bridgehead atoms. The van der Waals surface area contributed by atoms with Gasteiger partial charge in [0.15, 0.2) is 0 Å². The Bertz CT molecular complexity index is 340. The molecule has 1 atom stereocenters. The Morgan fingerprint density at radius 3 is 2.09 bits per heavy atom. The first-order valence-electron chi connectivity index (χ1n) is 8.81. The summed E-state index contributed by atoms with van der Waals surface area (Å²) in [7, 11) is 5.94. The number of aliphatic carboxylic acids is 1. The molecule has 0 radical (unpaired) electrons. The maximum absolute atomic E-state index is 11.9. The lowest BCUT2D eigenvalue weighted by Gasteiger charge is -2.29. The minimum absolute atomic E-state index is 0.0552. The van der Waals surface area contributed by atoms with Gasteiger partial charge in [-0.2, -0.15) is 0 Å². The van der Waals surface area contributed by atoms with E-state index in [-0.39, 0.29) is 18.5 Å². The number of likely N-dealkylation sites (N-methyl/N-ethyl adjacent to an activating group) is 1. The molecule has 6 nitrogen and oxygen atoms in total. The van der Waals surface area contributed by atoms with Crippen molar-refractivity contribution < 1.29 is 19.2 Å². The van der Waals surface area contributed by atoms with E-state index in [2.05, 4.69) is 17.6 Å². The normalized spacial score (nSPS) is 12.7. The van der Waals surface area contributed by atoms with Crippen LogP contribution in [-0.4, -0.2) is 61.9 Å². The molecule has 3 N–H and O–H groups in total. The van der Waals surface area contributed by atoms with Crippen LogP contribution in [0, 0.1) is 0 Å². The quantitative estimate of drug-likeness (QED) is 0.359. The van der Waals surface area contributed by atoms with Crippen LogP contribution in [0.25, 0.3) is 0 Å². The van der Waals surface area contributed by atoms with E-state index in [4.69, 9.17) is 5.11 Å². The number of hydrogen-bond donors (Lipinski definition) is 3. The van der Waals surface area contributed by atoms with Gasteiger partial charge < -0.3 is 20.2 Å². The standard InChI is InChI=1S/C17H35N3O3/c1-5-6-7-8-9-10-11-12-18-17(23)19-15(13-16(21)22)14-20(2,3)4/h15H,5-14H2,1-4H3,(H2-,18,19,21,22,23)/p+1/t15-/m0/s1. The van der Waals surface area contributed by atoms with E-state index in [1.807, 2.05) is 21.1 Å². The Balaban J connectivity index is 3.88. The van der Waals surface area contributed by atoms with Gasteiger partial charge in [-0.1, -0.05) is 45.4 Å². The molecule has 0 saturated carbocycles. The number of amides is 2. The molecule has 0 aromatic rings. The second kappa shape index (κ2) is 12.2. The highest BCUT2D eigenvalue weighted by Gasteiger charge is 2.22. The molecule has 0 saturated heterocycles. The van der Waals surface area contributed by atoms with Crippen molar-refractivity contribution in [3.05, 3.63) is 0 Å². The number of quaternary nitrogens is 1. The maximum Gasteiger partial charge on any atom is 0.315 e. The van der Waals surface area contributed by atoms with Crippen molar-refractivity contribution in [2.75, 3.05) is 34.2 Å². The molecule has 0 heterocycles. The van der Waals surface area contributed by atoms with Gasteiger partial charge in [-0.05, 0) is 6.42 Å². The Hall–Kier alpha value is -1.30. The van der Waals surface area contributed by atoms with Gasteiger partial charge in [-0.15, -0.1) is 0 Å². The van der Waals surface area contributed by atoms with E-state index in [0.29, 0.717) is 17.6 Å². The lowest BCUT2D eigenvalue weighted by Crippen LogP contribution is -2.52. The van der Waals surface area contributed by atoms with Crippen molar-refractivity contribution >= 4 is 12.0 Å². The largest absolute Gasteiger partial charge is 0.481 e. The van der Waals surface area contributed by atoms with E-state index in [1.165, 1.54) is 32.1 Å². The van der Waals surface area contributed by atoms with Gasteiger partial charge in [0.25, 0.3) is 0 Å². The van der Waals surface area contributed by atoms with Gasteiger partial charge in [0, 0.05) is 6.54 Å². The van der Waals surface area contributed by atoms with E-state index in [9.17, 15) is 9.59 Å². The molecule has 0 aromatic heterocycles. The predicted octanol–water partition coefficient (Wildman–Crippen LogP) is 2.59. The van der Waals surface area contributed by atoms with Gasteiger partial charge in [0.2, 0.25) is 0 Å². The molecule has 0 aliphatic rings. The van der Waals surface area contributed by atoms with E-state index < -0.39 is 5.97 Å². The fourth-order valence-corrected chi connectivity index (χ4v) is 2.55. The highest BCUT2D eigenvalue weighted by molar-refractivity contribution is 5.75. The Morgan fingerprint density at radius 2 is 1.57 bits per heavy atom. The Kier molecular flexibility index (Phi) is 11.5. The molecule has 2 amide bonds. The Labute approximate surface area is 141 Å². The first-order valence-corrected chi connectivity index (χ1v) is 8.81. The number of carbonyl (C=O) groups excluding carboxylic acids is 1. The van der Waals surface area contributed by atoms with Crippen LogP contribution in [0.5, 0.6) is 0 Å². The van der Waals surface area contributed by atoms with Crippen molar-refractivity contribution in [2.45, 2.75) is 64.3 Å². The van der Waals surface area contributed by atoms with Crippen LogP contribution in [0.1, 0.15) is 58.3 Å². The zero-order valence-electron chi connectivity index (χ0n) is 15.4. The number of urea groups is 1. The van der Waals surface area contributed by atoms with Crippen LogP contribution < -0.4 is 10.6 Å². The summed E-state index contributed by atoms with van der Waals surface area (Å²) in [5.41, 5.74) is 0. The second-order valence-electron chi connectivity index (χ2n) is 7.29. The van der Waals surface area contributed by atoms with Crippen molar-refractivity contribution in [2.24, 2.45) is 0 Å². The number of carboxylic acid groups (broad SMARTS) is 1. The third-order valence-corrected chi connectivity index (χ3v) is 3.59. The lowest BCUT2D eigenvalue weighted by molar-refractivity contribution is -0.871. The van der Waals surface area contributed by atoms with Crippen molar-refractivity contribution in [1.82, 2.24) is 10.6 Å². The summed E-state index contributed by atoms with van der Waals surface area (Å²) in [6.45, 7) is 3.43. The van der Waals surface area contributed by atoms with Gasteiger partial charge in [-0.3, -0.25) is 4.79 Å². The number of nitrogens with one attached hydrogen (secondary N) is 2. The zero-order valence-corrected chi connectivity index (χ0v) is 15.4. The first-order chi connectivity index (χ1) is 10.7. The Morgan fingerprint density at radius 1 is 1.00 bits per heavy atom. The summed E-state index contributed by atoms with van der Waals surface area (Å²) in [5, 5.41) is 14.6. The van der Waals surface area contributed by atoms with Gasteiger partial charge in [0.05, 0.1) is 40.2 Å². The monoisotopic (exact) mass is 330 g/mol. The molecule has 0 fully saturated rings. The summed E-state index contributed by atoms with van der Waals surface area (Å²) in [6.07, 6.45) is 8.38. The summed E-state index contributed by atoms with van der Waals surface area (Å²) < 4.78 is 0.607. The number of carbonyl (C=O) groups is 2. The second-order valence-corrected chi connectivity index (χ2v) is 7.29. The van der Waals surface area contributed by atoms with Crippen molar-refractivity contribution in [1.29, 1.82) is 0 Å². The fraction of sp³-hybridized carbons (Fsp3) is 0.882. The minimum atomic E-state index is -0.893. The summed E-state index contributed by atoms with van der Waals surface area (Å²) in [6, 6.07) is -0.628. The van der Waals surface area contributed by atoms with Gasteiger partial charge in [0.1, 0.15) is 0 Å². The third kappa shape index (κ3) is 15.4. The molecule has 0 aromatic carbocycles. The van der Waals surface area contributed by atoms with Crippen LogP contribution in [0.4, 0.5) is 4.79 Å². The molecule has 6 heteroatoms. The average molecular weight is 330 g/mol. The average Bonchev–Trinajstić information content (AvgIpc) is 2.39. The number of carboxylic acids is 1. The van der Waals surface area contributed by atoms with E-state index in [0.717, 1.165) is 12.8 Å². The zero-order chi connectivity index (χ0) is 17.7. The number of hydrogen-bond acceptors (Lipinski definition) is 2. The topological polar surface area (TPSA) is 78.4 Å². The SMILES string of the molecule is CCCCCCCCCNC(=O)N[C@@H](CC(=O)O)C[N+](C)(C)C. The van der Waals surface area contributed by atoms with Gasteiger partial charge >= 0.3 is 12.0 Å². The highest BCUT2D eigenvalue weighted by atomic mass is 16.4. The summed E-state index contributed by atoms with van der Waals surface area (Å²) in [5.74, 6) is -0.893. The lowest BCUT2D eigenvalue weighted by atomic mass is 10.1. The minimum Gasteiger partial charge on any atom is -0.481 e. The smallest absolute Gasteiger partial charge is 0.315 e. The van der Waals surface area contributed by atoms with Crippen molar-refractivity contribution in [3.63, 3.8) is 0 Å². The molecular weight excluding hydrogens is 294 g/mol. The number of rotatable bonds is 13. The fourth-order valence-electron chi connectivity index (χ4n) is 2.55. The summed E-state index contributed by atoms with van der Waals surface area (Å²) in [4.78, 5) is 22.8. The van der Waals surface area contributed by atoms with Gasteiger partial charge in [-0.25, -0.2) is 4.79 Å². The molecule has 136 valence electrons. The van der Waals surface area contributed by atoms with Crippen LogP contribution in [0.3, 0.4) is 0 Å². The molecule has 0 aliphatic heterocycles. The number of nitrogens with zero attached hydrogens (tertiary/aromatic N) is 1. The molecule has 23 heavy (non-hydrogen) atoms. The van der Waals surface area contributed by atoms with Crippen LogP contribution in [0.2, 0.25) is 0 Å². The first kappa shape index (κ1) is 21.7. The van der Waals surface area contributed by atoms with Crippen LogP contribution in [-0.2, 0) is 4.79 Å². The van der Waals surface area contributed by atoms with Crippen LogP contribution in [0.15, 0.2) is 0 Å².